The lowest BCUT2D eigenvalue weighted by Gasteiger charge is -2.52. The predicted octanol–water partition coefficient (Wildman–Crippen LogP) is 5.96. The summed E-state index contributed by atoms with van der Waals surface area (Å²) in [6.45, 7) is 0. The molecule has 0 aromatic heterocycles. The normalized spacial score (nSPS) is 26.6. The van der Waals surface area contributed by atoms with Gasteiger partial charge in [-0.3, -0.25) is 0 Å². The number of alkyl halides is 1. The Morgan fingerprint density at radius 2 is 1.28 bits per heavy atom. The van der Waals surface area contributed by atoms with Gasteiger partial charge in [-0.25, -0.2) is 0 Å². The number of hydrogen-bond donors (Lipinski definition) is 0. The maximum absolute atomic E-state index is 4.20. The summed E-state index contributed by atoms with van der Waals surface area (Å²) in [6, 6.07) is 29.2. The molecule has 0 amide bonds. The fourth-order valence-electron chi connectivity index (χ4n) is 5.22. The Balaban J connectivity index is 1.72. The van der Waals surface area contributed by atoms with Crippen LogP contribution < -0.4 is 0 Å². The SMILES string of the molecule is BrC12Cc3ccccc3C(Cc3ccccc3)(Cc3ccccc31)C2. The second-order valence-corrected chi connectivity index (χ2v) is 9.27. The number of hydrogen-bond acceptors (Lipinski definition) is 0. The second-order valence-electron chi connectivity index (χ2n) is 7.75. The molecular formula is C24H21Br. The summed E-state index contributed by atoms with van der Waals surface area (Å²) < 4.78 is 0.0605. The van der Waals surface area contributed by atoms with Crippen LogP contribution in [0.15, 0.2) is 78.9 Å². The molecule has 0 heterocycles. The van der Waals surface area contributed by atoms with Crippen LogP contribution in [0.4, 0.5) is 0 Å². The Bertz CT molecular complexity index is 930. The molecule has 1 heteroatoms. The van der Waals surface area contributed by atoms with Crippen molar-refractivity contribution in [2.75, 3.05) is 0 Å². The Kier molecular flexibility index (Phi) is 3.43. The van der Waals surface area contributed by atoms with E-state index in [4.69, 9.17) is 0 Å². The fraction of sp³-hybridized carbons (Fsp3) is 0.250. The molecule has 3 aromatic carbocycles. The maximum atomic E-state index is 4.20. The molecule has 3 aromatic rings. The number of halogens is 1. The molecule has 0 nitrogen and oxygen atoms in total. The van der Waals surface area contributed by atoms with E-state index < -0.39 is 0 Å². The molecule has 0 fully saturated rings. The molecule has 5 rings (SSSR count). The molecule has 2 unspecified atom stereocenters. The highest BCUT2D eigenvalue weighted by Crippen LogP contribution is 2.57. The van der Waals surface area contributed by atoms with Crippen molar-refractivity contribution in [2.45, 2.75) is 35.4 Å². The van der Waals surface area contributed by atoms with Crippen molar-refractivity contribution >= 4 is 15.9 Å². The summed E-state index contributed by atoms with van der Waals surface area (Å²) in [4.78, 5) is 0. The topological polar surface area (TPSA) is 0 Å². The monoisotopic (exact) mass is 388 g/mol. The number of rotatable bonds is 2. The highest BCUT2D eigenvalue weighted by molar-refractivity contribution is 9.09. The molecule has 0 saturated heterocycles. The van der Waals surface area contributed by atoms with Crippen LogP contribution in [0.1, 0.15) is 34.2 Å². The van der Waals surface area contributed by atoms with Gasteiger partial charge in [-0.1, -0.05) is 94.8 Å². The van der Waals surface area contributed by atoms with Crippen molar-refractivity contribution in [2.24, 2.45) is 0 Å². The predicted molar refractivity (Wildman–Crippen MR) is 107 cm³/mol. The van der Waals surface area contributed by atoms with Crippen LogP contribution in [0.25, 0.3) is 0 Å². The molecule has 0 N–H and O–H groups in total. The lowest BCUT2D eigenvalue weighted by Crippen LogP contribution is -2.48. The summed E-state index contributed by atoms with van der Waals surface area (Å²) in [5, 5.41) is 0. The zero-order valence-corrected chi connectivity index (χ0v) is 15.8. The molecule has 124 valence electrons. The molecule has 0 aliphatic heterocycles. The lowest BCUT2D eigenvalue weighted by molar-refractivity contribution is 0.287. The van der Waals surface area contributed by atoms with Crippen LogP contribution in [0.5, 0.6) is 0 Å². The van der Waals surface area contributed by atoms with Crippen LogP contribution >= 0.6 is 15.9 Å². The first-order valence-corrected chi connectivity index (χ1v) is 9.88. The van der Waals surface area contributed by atoms with Crippen LogP contribution in [-0.4, -0.2) is 0 Å². The Labute approximate surface area is 158 Å². The van der Waals surface area contributed by atoms with Gasteiger partial charge in [0.05, 0.1) is 4.32 Å². The molecule has 2 bridgehead atoms. The first-order chi connectivity index (χ1) is 12.2. The van der Waals surface area contributed by atoms with Crippen LogP contribution in [0.2, 0.25) is 0 Å². The smallest absolute Gasteiger partial charge is 0.0557 e. The number of fused-ring (bicyclic) bond motifs is 6. The van der Waals surface area contributed by atoms with Crippen LogP contribution in [0, 0.1) is 0 Å². The van der Waals surface area contributed by atoms with E-state index >= 15 is 0 Å². The largest absolute Gasteiger partial charge is 0.0797 e. The van der Waals surface area contributed by atoms with Crippen molar-refractivity contribution in [1.29, 1.82) is 0 Å². The van der Waals surface area contributed by atoms with Crippen molar-refractivity contribution in [1.82, 2.24) is 0 Å². The minimum absolute atomic E-state index is 0.0605. The minimum Gasteiger partial charge on any atom is -0.0797 e. The fourth-order valence-corrected chi connectivity index (χ4v) is 6.44. The molecule has 0 spiro atoms. The second kappa shape index (κ2) is 5.57. The summed E-state index contributed by atoms with van der Waals surface area (Å²) in [7, 11) is 0. The van der Waals surface area contributed by atoms with E-state index in [0.717, 1.165) is 19.3 Å². The molecule has 2 aliphatic carbocycles. The van der Waals surface area contributed by atoms with E-state index in [1.54, 1.807) is 5.56 Å². The van der Waals surface area contributed by atoms with Gasteiger partial charge in [-0.15, -0.1) is 0 Å². The first kappa shape index (κ1) is 15.4. The molecule has 25 heavy (non-hydrogen) atoms. The molecule has 2 atom stereocenters. The summed E-state index contributed by atoms with van der Waals surface area (Å²) in [5.74, 6) is 0. The van der Waals surface area contributed by atoms with Gasteiger partial charge in [0.25, 0.3) is 0 Å². The lowest BCUT2D eigenvalue weighted by atomic mass is 9.56. The number of benzene rings is 3. The Hall–Kier alpha value is -1.86. The van der Waals surface area contributed by atoms with Crippen molar-refractivity contribution < 1.29 is 0 Å². The third-order valence-electron chi connectivity index (χ3n) is 6.09. The third kappa shape index (κ3) is 2.40. The quantitative estimate of drug-likeness (QED) is 0.475. The highest BCUT2D eigenvalue weighted by Gasteiger charge is 2.51. The summed E-state index contributed by atoms with van der Waals surface area (Å²) in [6.07, 6.45) is 4.48. The van der Waals surface area contributed by atoms with Crippen LogP contribution in [-0.2, 0) is 29.0 Å². The summed E-state index contributed by atoms with van der Waals surface area (Å²) >= 11 is 4.20. The Morgan fingerprint density at radius 1 is 0.680 bits per heavy atom. The van der Waals surface area contributed by atoms with Crippen molar-refractivity contribution in [3.05, 3.63) is 107 Å². The van der Waals surface area contributed by atoms with E-state index in [-0.39, 0.29) is 9.74 Å². The highest BCUT2D eigenvalue weighted by atomic mass is 79.9. The Morgan fingerprint density at radius 3 is 2.04 bits per heavy atom. The van der Waals surface area contributed by atoms with Gasteiger partial charge >= 0.3 is 0 Å². The summed E-state index contributed by atoms with van der Waals surface area (Å²) in [5.41, 5.74) is 7.69. The van der Waals surface area contributed by atoms with Gasteiger partial charge in [0, 0.05) is 5.41 Å². The van der Waals surface area contributed by atoms with E-state index in [1.165, 1.54) is 28.7 Å². The van der Waals surface area contributed by atoms with Gasteiger partial charge < -0.3 is 0 Å². The maximum Gasteiger partial charge on any atom is 0.0557 e. The van der Waals surface area contributed by atoms with Crippen LogP contribution in [0.3, 0.4) is 0 Å². The van der Waals surface area contributed by atoms with Gasteiger partial charge in [0.15, 0.2) is 0 Å². The standard InChI is InChI=1S/C24H21Br/c25-24-16-20-11-4-6-12-21(20)23(17-24,14-18-8-2-1-3-9-18)15-19-10-5-7-13-22(19)24/h1-13H,14-17H2. The van der Waals surface area contributed by atoms with Crippen molar-refractivity contribution in [3.63, 3.8) is 0 Å². The van der Waals surface area contributed by atoms with E-state index in [0.29, 0.717) is 0 Å². The van der Waals surface area contributed by atoms with Crippen molar-refractivity contribution in [3.8, 4) is 0 Å². The van der Waals surface area contributed by atoms with E-state index in [2.05, 4.69) is 94.8 Å². The van der Waals surface area contributed by atoms with Gasteiger partial charge in [0.2, 0.25) is 0 Å². The zero-order chi connectivity index (χ0) is 16.9. The van der Waals surface area contributed by atoms with E-state index in [9.17, 15) is 0 Å². The zero-order valence-electron chi connectivity index (χ0n) is 14.2. The molecular weight excluding hydrogens is 368 g/mol. The van der Waals surface area contributed by atoms with Gasteiger partial charge in [-0.05, 0) is 53.5 Å². The van der Waals surface area contributed by atoms with Gasteiger partial charge in [0.1, 0.15) is 0 Å². The minimum atomic E-state index is 0.0605. The van der Waals surface area contributed by atoms with E-state index in [1.807, 2.05) is 0 Å². The third-order valence-corrected chi connectivity index (χ3v) is 7.08. The molecule has 0 radical (unpaired) electrons. The molecule has 0 saturated carbocycles. The average molecular weight is 389 g/mol. The average Bonchev–Trinajstić information content (AvgIpc) is 2.62. The molecule has 2 aliphatic rings. The first-order valence-electron chi connectivity index (χ1n) is 9.08. The van der Waals surface area contributed by atoms with Gasteiger partial charge in [-0.2, -0.15) is 0 Å².